The van der Waals surface area contributed by atoms with Crippen molar-refractivity contribution in [2.45, 2.75) is 30.7 Å². The van der Waals surface area contributed by atoms with Crippen LogP contribution >= 0.6 is 23.4 Å². The summed E-state index contributed by atoms with van der Waals surface area (Å²) in [6.45, 7) is 4.42. The summed E-state index contributed by atoms with van der Waals surface area (Å²) in [4.78, 5) is 21.9. The molecule has 2 aromatic carbocycles. The van der Waals surface area contributed by atoms with E-state index in [1.54, 1.807) is 0 Å². The molecule has 0 spiro atoms. The summed E-state index contributed by atoms with van der Waals surface area (Å²) in [6, 6.07) is 19.3. The van der Waals surface area contributed by atoms with Gasteiger partial charge in [0.15, 0.2) is 5.16 Å². The normalized spacial score (nSPS) is 11.8. The van der Waals surface area contributed by atoms with E-state index in [1.807, 2.05) is 74.5 Å². The molecule has 0 aliphatic rings. The molecule has 0 aliphatic carbocycles. The molecule has 1 amide bonds. The lowest BCUT2D eigenvalue weighted by atomic mass is 10.1. The van der Waals surface area contributed by atoms with Gasteiger partial charge >= 0.3 is 0 Å². The minimum Gasteiger partial charge on any atom is -0.354 e. The highest BCUT2D eigenvalue weighted by Crippen LogP contribution is 2.33. The van der Waals surface area contributed by atoms with Crippen molar-refractivity contribution in [2.24, 2.45) is 0 Å². The molecule has 0 radical (unpaired) electrons. The number of halogens is 1. The quantitative estimate of drug-likeness (QED) is 0.442. The molecule has 6 heteroatoms. The van der Waals surface area contributed by atoms with Gasteiger partial charge < -0.3 is 5.32 Å². The van der Waals surface area contributed by atoms with E-state index in [4.69, 9.17) is 11.6 Å². The Balaban J connectivity index is 1.71. The fourth-order valence-electron chi connectivity index (χ4n) is 2.83. The highest BCUT2D eigenvalue weighted by molar-refractivity contribution is 8.00. The Hall–Kier alpha value is -2.37. The molecule has 3 aromatic rings. The van der Waals surface area contributed by atoms with Crippen LogP contribution in [0.5, 0.6) is 0 Å². The van der Waals surface area contributed by atoms with Crippen LogP contribution in [0.25, 0.3) is 0 Å². The number of amides is 1. The molecule has 0 fully saturated rings. The second-order valence-corrected chi connectivity index (χ2v) is 8.02. The van der Waals surface area contributed by atoms with Crippen LogP contribution in [0.3, 0.4) is 0 Å². The number of aromatic nitrogens is 2. The van der Waals surface area contributed by atoms with Gasteiger partial charge in [0.25, 0.3) is 0 Å². The van der Waals surface area contributed by atoms with E-state index in [2.05, 4.69) is 15.3 Å². The number of carbonyl (C=O) groups excluding carboxylic acids is 1. The molecule has 1 aromatic heterocycles. The molecule has 28 heavy (non-hydrogen) atoms. The van der Waals surface area contributed by atoms with Gasteiger partial charge in [0.05, 0.1) is 0 Å². The lowest BCUT2D eigenvalue weighted by Gasteiger charge is -2.16. The van der Waals surface area contributed by atoms with Crippen molar-refractivity contribution < 1.29 is 4.79 Å². The second-order valence-electron chi connectivity index (χ2n) is 6.51. The monoisotopic (exact) mass is 411 g/mol. The van der Waals surface area contributed by atoms with Gasteiger partial charge in [0, 0.05) is 23.0 Å². The van der Waals surface area contributed by atoms with E-state index >= 15 is 0 Å². The molecule has 3 rings (SSSR count). The minimum absolute atomic E-state index is 0.0482. The standard InChI is InChI=1S/C22H22ClN3OS/c1-15-14-16(2)26-22(25-15)28-20(18-6-4-3-5-7-18)21(27)24-13-12-17-8-10-19(23)11-9-17/h3-11,14,20H,12-13H2,1-2H3,(H,24,27)/t20-/m0/s1. The average Bonchev–Trinajstić information content (AvgIpc) is 2.67. The van der Waals surface area contributed by atoms with Gasteiger partial charge in [0.1, 0.15) is 5.25 Å². The van der Waals surface area contributed by atoms with Gasteiger partial charge in [-0.05, 0) is 49.6 Å². The molecule has 1 N–H and O–H groups in total. The Morgan fingerprint density at radius 2 is 1.68 bits per heavy atom. The molecule has 144 valence electrons. The number of hydrogen-bond acceptors (Lipinski definition) is 4. The van der Waals surface area contributed by atoms with Crippen molar-refractivity contribution in [1.29, 1.82) is 0 Å². The maximum atomic E-state index is 13.0. The van der Waals surface area contributed by atoms with Gasteiger partial charge in [-0.2, -0.15) is 0 Å². The molecule has 0 saturated heterocycles. The van der Waals surface area contributed by atoms with Gasteiger partial charge in [-0.15, -0.1) is 0 Å². The number of rotatable bonds is 7. The third kappa shape index (κ3) is 5.81. The first-order valence-electron chi connectivity index (χ1n) is 9.07. The maximum absolute atomic E-state index is 13.0. The lowest BCUT2D eigenvalue weighted by Crippen LogP contribution is -2.30. The van der Waals surface area contributed by atoms with Crippen molar-refractivity contribution in [2.75, 3.05) is 6.54 Å². The first-order valence-corrected chi connectivity index (χ1v) is 10.3. The van der Waals surface area contributed by atoms with Gasteiger partial charge in [-0.1, -0.05) is 65.8 Å². The number of aryl methyl sites for hydroxylation is 2. The summed E-state index contributed by atoms with van der Waals surface area (Å²) in [5, 5.41) is 3.96. The second kappa shape index (κ2) is 9.71. The highest BCUT2D eigenvalue weighted by atomic mass is 35.5. The third-order valence-corrected chi connectivity index (χ3v) is 5.52. The first-order chi connectivity index (χ1) is 13.5. The summed E-state index contributed by atoms with van der Waals surface area (Å²) < 4.78 is 0. The lowest BCUT2D eigenvalue weighted by molar-refractivity contribution is -0.120. The fourth-order valence-corrected chi connectivity index (χ4v) is 4.04. The summed E-state index contributed by atoms with van der Waals surface area (Å²) in [6.07, 6.45) is 0.745. The van der Waals surface area contributed by atoms with Crippen LogP contribution in [0.4, 0.5) is 0 Å². The molecule has 1 heterocycles. The Labute approximate surface area is 174 Å². The number of thioether (sulfide) groups is 1. The Bertz CT molecular complexity index is 912. The van der Waals surface area contributed by atoms with Crippen molar-refractivity contribution in [3.8, 4) is 0 Å². The molecule has 4 nitrogen and oxygen atoms in total. The van der Waals surface area contributed by atoms with Crippen LogP contribution in [-0.2, 0) is 11.2 Å². The highest BCUT2D eigenvalue weighted by Gasteiger charge is 2.23. The van der Waals surface area contributed by atoms with Crippen LogP contribution in [0.2, 0.25) is 5.02 Å². The zero-order valence-corrected chi connectivity index (χ0v) is 17.4. The van der Waals surface area contributed by atoms with E-state index in [9.17, 15) is 4.79 Å². The Morgan fingerprint density at radius 3 is 2.32 bits per heavy atom. The number of benzene rings is 2. The van der Waals surface area contributed by atoms with Crippen LogP contribution in [0.15, 0.2) is 65.8 Å². The molecule has 0 aliphatic heterocycles. The summed E-state index contributed by atoms with van der Waals surface area (Å²) in [7, 11) is 0. The fraction of sp³-hybridized carbons (Fsp3) is 0.227. The number of nitrogens with zero attached hydrogens (tertiary/aromatic N) is 2. The number of nitrogens with one attached hydrogen (secondary N) is 1. The Morgan fingerprint density at radius 1 is 1.04 bits per heavy atom. The predicted octanol–water partition coefficient (Wildman–Crippen LogP) is 4.94. The largest absolute Gasteiger partial charge is 0.354 e. The molecule has 0 bridgehead atoms. The predicted molar refractivity (Wildman–Crippen MR) is 115 cm³/mol. The van der Waals surface area contributed by atoms with Crippen LogP contribution < -0.4 is 5.32 Å². The van der Waals surface area contributed by atoms with Crippen molar-refractivity contribution in [3.63, 3.8) is 0 Å². The van der Waals surface area contributed by atoms with Crippen molar-refractivity contribution in [3.05, 3.63) is 88.2 Å². The minimum atomic E-state index is -0.410. The van der Waals surface area contributed by atoms with Gasteiger partial charge in [-0.3, -0.25) is 4.79 Å². The number of hydrogen-bond donors (Lipinski definition) is 1. The number of carbonyl (C=O) groups is 1. The van der Waals surface area contributed by atoms with Crippen LogP contribution in [0, 0.1) is 13.8 Å². The van der Waals surface area contributed by atoms with E-state index in [1.165, 1.54) is 11.8 Å². The van der Waals surface area contributed by atoms with E-state index in [0.29, 0.717) is 16.7 Å². The summed E-state index contributed by atoms with van der Waals surface area (Å²) in [5.41, 5.74) is 3.85. The van der Waals surface area contributed by atoms with Gasteiger partial charge in [-0.25, -0.2) is 9.97 Å². The average molecular weight is 412 g/mol. The van der Waals surface area contributed by atoms with E-state index < -0.39 is 5.25 Å². The molecule has 0 saturated carbocycles. The zero-order chi connectivity index (χ0) is 19.9. The van der Waals surface area contributed by atoms with Crippen LogP contribution in [-0.4, -0.2) is 22.4 Å². The zero-order valence-electron chi connectivity index (χ0n) is 15.9. The van der Waals surface area contributed by atoms with Crippen molar-refractivity contribution >= 4 is 29.3 Å². The Kier molecular flexibility index (Phi) is 7.06. The molecular weight excluding hydrogens is 390 g/mol. The third-order valence-electron chi connectivity index (χ3n) is 4.15. The smallest absolute Gasteiger partial charge is 0.238 e. The van der Waals surface area contributed by atoms with Gasteiger partial charge in [0.2, 0.25) is 5.91 Å². The molecule has 1 atom stereocenters. The maximum Gasteiger partial charge on any atom is 0.238 e. The topological polar surface area (TPSA) is 54.9 Å². The first kappa shape index (κ1) is 20.4. The summed E-state index contributed by atoms with van der Waals surface area (Å²) >= 11 is 7.30. The van der Waals surface area contributed by atoms with E-state index in [-0.39, 0.29) is 5.91 Å². The van der Waals surface area contributed by atoms with E-state index in [0.717, 1.165) is 28.9 Å². The van der Waals surface area contributed by atoms with Crippen LogP contribution in [0.1, 0.15) is 27.8 Å². The molecule has 0 unspecified atom stereocenters. The SMILES string of the molecule is Cc1cc(C)nc(S[C@H](C(=O)NCCc2ccc(Cl)cc2)c2ccccc2)n1. The molecular formula is C22H22ClN3OS. The van der Waals surface area contributed by atoms with Crippen molar-refractivity contribution in [1.82, 2.24) is 15.3 Å². The summed E-state index contributed by atoms with van der Waals surface area (Å²) in [5.74, 6) is -0.0482.